The van der Waals surface area contributed by atoms with Gasteiger partial charge >= 0.3 is 0 Å². The summed E-state index contributed by atoms with van der Waals surface area (Å²) in [4.78, 5) is 26.7. The normalized spacial score (nSPS) is 11.7. The number of amides is 2. The molecule has 0 saturated heterocycles. The van der Waals surface area contributed by atoms with Gasteiger partial charge in [0.05, 0.1) is 13.2 Å². The molecule has 1 atom stereocenters. The Morgan fingerprint density at radius 1 is 1.17 bits per heavy atom. The molecule has 0 aliphatic carbocycles. The highest BCUT2D eigenvalue weighted by Gasteiger charge is 2.29. The monoisotopic (exact) mass is 410 g/mol. The van der Waals surface area contributed by atoms with Crippen molar-refractivity contribution in [2.75, 3.05) is 7.11 Å². The van der Waals surface area contributed by atoms with E-state index in [0.717, 1.165) is 16.7 Å². The largest absolute Gasteiger partial charge is 0.496 e. The number of methoxy groups -OCH3 is 1. The van der Waals surface area contributed by atoms with Crippen LogP contribution in [-0.2, 0) is 0 Å². The summed E-state index contributed by atoms with van der Waals surface area (Å²) in [5.41, 5.74) is 6.60. The lowest BCUT2D eigenvalue weighted by atomic mass is 9.98. The van der Waals surface area contributed by atoms with Gasteiger partial charge in [0.15, 0.2) is 0 Å². The third-order valence-electron chi connectivity index (χ3n) is 5.17. The average molecular weight is 411 g/mol. The van der Waals surface area contributed by atoms with Crippen molar-refractivity contribution in [3.63, 3.8) is 0 Å². The third kappa shape index (κ3) is 5.29. The van der Waals surface area contributed by atoms with Gasteiger partial charge in [-0.1, -0.05) is 43.2 Å². The summed E-state index contributed by atoms with van der Waals surface area (Å²) < 4.78 is 5.33. The van der Waals surface area contributed by atoms with Crippen molar-refractivity contribution in [2.24, 2.45) is 5.92 Å². The standard InChI is InChI=1S/C25H32N2O3.H2/c1-8-10-22(16(2)3)27(25(29)20-14-17(4)13-18(5)15-20)26-24(28)21-11-9-12-23(30-7)19(21)6;/h8-9,11-16,22H,1,10H2,2-7H3,(H,26,28);1H/t22-;/m1./s1. The van der Waals surface area contributed by atoms with Gasteiger partial charge < -0.3 is 4.74 Å². The number of nitrogens with zero attached hydrogens (tertiary/aromatic N) is 1. The number of hydrogen-bond acceptors (Lipinski definition) is 3. The van der Waals surface area contributed by atoms with Crippen molar-refractivity contribution in [3.05, 3.63) is 76.9 Å². The Bertz CT molecular complexity index is 920. The van der Waals surface area contributed by atoms with Crippen molar-refractivity contribution < 1.29 is 15.8 Å². The number of hydrazine groups is 1. The Morgan fingerprint density at radius 3 is 2.33 bits per heavy atom. The van der Waals surface area contributed by atoms with E-state index in [2.05, 4.69) is 12.0 Å². The first-order valence-corrected chi connectivity index (χ1v) is 10.2. The zero-order valence-corrected chi connectivity index (χ0v) is 18.8. The van der Waals surface area contributed by atoms with Crippen LogP contribution in [0.25, 0.3) is 0 Å². The minimum absolute atomic E-state index is 0. The number of nitrogens with one attached hydrogen (secondary N) is 1. The average Bonchev–Trinajstić information content (AvgIpc) is 2.69. The molecule has 0 bridgehead atoms. The second-order valence-electron chi connectivity index (χ2n) is 7.96. The number of ether oxygens (including phenoxy) is 1. The Kier molecular flexibility index (Phi) is 7.81. The quantitative estimate of drug-likeness (QED) is 0.501. The molecule has 0 heterocycles. The highest BCUT2D eigenvalue weighted by molar-refractivity contribution is 6.00. The number of benzene rings is 2. The van der Waals surface area contributed by atoms with E-state index >= 15 is 0 Å². The van der Waals surface area contributed by atoms with E-state index in [-0.39, 0.29) is 25.2 Å². The number of carbonyl (C=O) groups is 2. The molecule has 0 radical (unpaired) electrons. The van der Waals surface area contributed by atoms with E-state index in [0.29, 0.717) is 23.3 Å². The molecule has 1 N–H and O–H groups in total. The molecule has 5 heteroatoms. The summed E-state index contributed by atoms with van der Waals surface area (Å²) in [7, 11) is 1.57. The third-order valence-corrected chi connectivity index (χ3v) is 5.17. The van der Waals surface area contributed by atoms with Crippen LogP contribution in [0.5, 0.6) is 5.75 Å². The number of aryl methyl sites for hydroxylation is 2. The summed E-state index contributed by atoms with van der Waals surface area (Å²) in [6, 6.07) is 10.8. The second kappa shape index (κ2) is 10.1. The molecular formula is C25H34N2O3. The molecule has 0 saturated carbocycles. The fraction of sp³-hybridized carbons (Fsp3) is 0.360. The van der Waals surface area contributed by atoms with Gasteiger partial charge in [-0.2, -0.15) is 0 Å². The molecule has 2 aromatic carbocycles. The summed E-state index contributed by atoms with van der Waals surface area (Å²) >= 11 is 0. The predicted octanol–water partition coefficient (Wildman–Crippen LogP) is 5.25. The molecule has 2 amide bonds. The molecule has 0 unspecified atom stereocenters. The first-order chi connectivity index (χ1) is 14.2. The fourth-order valence-corrected chi connectivity index (χ4v) is 3.62. The summed E-state index contributed by atoms with van der Waals surface area (Å²) in [6.07, 6.45) is 2.33. The molecule has 0 aliphatic heterocycles. The van der Waals surface area contributed by atoms with Crippen molar-refractivity contribution in [1.82, 2.24) is 10.4 Å². The number of carbonyl (C=O) groups excluding carboxylic acids is 2. The lowest BCUT2D eigenvalue weighted by Gasteiger charge is -2.34. The van der Waals surface area contributed by atoms with Crippen LogP contribution in [0, 0.1) is 26.7 Å². The van der Waals surface area contributed by atoms with Gasteiger partial charge in [0, 0.05) is 18.1 Å². The maximum atomic E-state index is 13.5. The van der Waals surface area contributed by atoms with Gasteiger partial charge in [-0.3, -0.25) is 15.0 Å². The number of hydrogen-bond donors (Lipinski definition) is 1. The van der Waals surface area contributed by atoms with Crippen LogP contribution in [0.2, 0.25) is 0 Å². The van der Waals surface area contributed by atoms with Gasteiger partial charge in [-0.15, -0.1) is 6.58 Å². The van der Waals surface area contributed by atoms with Gasteiger partial charge in [-0.25, -0.2) is 5.01 Å². The Hall–Kier alpha value is -3.08. The minimum atomic E-state index is -0.348. The van der Waals surface area contributed by atoms with Crippen molar-refractivity contribution >= 4 is 11.8 Å². The Balaban J connectivity index is 0.00000480. The van der Waals surface area contributed by atoms with Crippen LogP contribution in [0.3, 0.4) is 0 Å². The van der Waals surface area contributed by atoms with Crippen LogP contribution in [-0.4, -0.2) is 30.0 Å². The molecule has 30 heavy (non-hydrogen) atoms. The fourth-order valence-electron chi connectivity index (χ4n) is 3.62. The van der Waals surface area contributed by atoms with Gasteiger partial charge in [0.1, 0.15) is 5.75 Å². The lowest BCUT2D eigenvalue weighted by molar-refractivity contribution is 0.0419. The summed E-state index contributed by atoms with van der Waals surface area (Å²) in [6.45, 7) is 13.6. The highest BCUT2D eigenvalue weighted by atomic mass is 16.5. The van der Waals surface area contributed by atoms with Crippen molar-refractivity contribution in [2.45, 2.75) is 47.1 Å². The molecule has 2 rings (SSSR count). The molecule has 0 fully saturated rings. The summed E-state index contributed by atoms with van der Waals surface area (Å²) in [5.74, 6) is 0.154. The zero-order chi connectivity index (χ0) is 22.4. The first-order valence-electron chi connectivity index (χ1n) is 10.2. The molecule has 2 aromatic rings. The van der Waals surface area contributed by atoms with E-state index in [9.17, 15) is 9.59 Å². The maximum Gasteiger partial charge on any atom is 0.272 e. The predicted molar refractivity (Wildman–Crippen MR) is 123 cm³/mol. The van der Waals surface area contributed by atoms with E-state index in [1.54, 1.807) is 31.4 Å². The van der Waals surface area contributed by atoms with Gasteiger partial charge in [0.2, 0.25) is 0 Å². The molecular weight excluding hydrogens is 376 g/mol. The topological polar surface area (TPSA) is 58.6 Å². The lowest BCUT2D eigenvalue weighted by Crippen LogP contribution is -2.53. The molecule has 5 nitrogen and oxygen atoms in total. The van der Waals surface area contributed by atoms with Gasteiger partial charge in [0.25, 0.3) is 11.8 Å². The highest BCUT2D eigenvalue weighted by Crippen LogP contribution is 2.23. The van der Waals surface area contributed by atoms with Crippen molar-refractivity contribution in [1.29, 1.82) is 0 Å². The Morgan fingerprint density at radius 2 is 1.80 bits per heavy atom. The smallest absolute Gasteiger partial charge is 0.272 e. The molecule has 0 aromatic heterocycles. The maximum absolute atomic E-state index is 13.5. The minimum Gasteiger partial charge on any atom is -0.496 e. The molecule has 162 valence electrons. The molecule has 0 aliphatic rings. The van der Waals surface area contributed by atoms with E-state index in [4.69, 9.17) is 4.74 Å². The van der Waals surface area contributed by atoms with E-state index in [1.165, 1.54) is 5.01 Å². The SMILES string of the molecule is C=CC[C@H](C(C)C)N(NC(=O)c1cccc(OC)c1C)C(=O)c1cc(C)cc(C)c1.[HH]. The first kappa shape index (κ1) is 23.2. The van der Waals surface area contributed by atoms with Crippen LogP contribution in [0.15, 0.2) is 49.1 Å². The van der Waals surface area contributed by atoms with Crippen LogP contribution >= 0.6 is 0 Å². The molecule has 0 spiro atoms. The van der Waals surface area contributed by atoms with Gasteiger partial charge in [-0.05, 0) is 57.4 Å². The second-order valence-corrected chi connectivity index (χ2v) is 7.96. The van der Waals surface area contributed by atoms with E-state index < -0.39 is 0 Å². The van der Waals surface area contributed by atoms with Crippen LogP contribution in [0.4, 0.5) is 0 Å². The summed E-state index contributed by atoms with van der Waals surface area (Å²) in [5, 5.41) is 1.46. The Labute approximate surface area is 181 Å². The van der Waals surface area contributed by atoms with Crippen LogP contribution in [0.1, 0.15) is 59.1 Å². The van der Waals surface area contributed by atoms with Crippen LogP contribution < -0.4 is 10.2 Å². The number of rotatable bonds is 7. The van der Waals surface area contributed by atoms with Crippen molar-refractivity contribution in [3.8, 4) is 5.75 Å². The zero-order valence-electron chi connectivity index (χ0n) is 18.8. The van der Waals surface area contributed by atoms with E-state index in [1.807, 2.05) is 52.8 Å².